The van der Waals surface area contributed by atoms with E-state index >= 15 is 0 Å². The summed E-state index contributed by atoms with van der Waals surface area (Å²) >= 11 is 0. The smallest absolute Gasteiger partial charge is 0.0725 e. The molecule has 0 bridgehead atoms. The van der Waals surface area contributed by atoms with Crippen LogP contribution in [0.1, 0.15) is 94.5 Å². The van der Waals surface area contributed by atoms with Gasteiger partial charge in [-0.15, -0.1) is 0 Å². The summed E-state index contributed by atoms with van der Waals surface area (Å²) in [5, 5.41) is 5.03. The molecule has 1 spiro atoms. The molecule has 97 heavy (non-hydrogen) atoms. The van der Waals surface area contributed by atoms with Crippen LogP contribution in [-0.2, 0) is 16.2 Å². The Morgan fingerprint density at radius 3 is 0.959 bits per heavy atom. The first-order valence-electron chi connectivity index (χ1n) is 34.2. The molecule has 456 valence electrons. The van der Waals surface area contributed by atoms with Gasteiger partial charge in [-0.05, 0) is 206 Å². The Hall–Kier alpha value is -11.8. The maximum atomic E-state index is 2.47. The molecule has 2 aromatic heterocycles. The molecule has 0 saturated heterocycles. The maximum Gasteiger partial charge on any atom is 0.0725 e. The van der Waals surface area contributed by atoms with Crippen LogP contribution in [0.3, 0.4) is 0 Å². The van der Waals surface area contributed by atoms with Gasteiger partial charge in [-0.1, -0.05) is 283 Å². The summed E-state index contributed by atoms with van der Waals surface area (Å²) in [5.74, 6) is 0. The minimum absolute atomic E-state index is 0.0762. The molecule has 14 aromatic carbocycles. The number of fused-ring (bicyclic) bond motifs is 22. The minimum atomic E-state index is -0.481. The Morgan fingerprint density at radius 1 is 0.216 bits per heavy atom. The zero-order valence-corrected chi connectivity index (χ0v) is 54.6. The largest absolute Gasteiger partial charge is 0.309 e. The molecular formula is C95H66N2. The van der Waals surface area contributed by atoms with Gasteiger partial charge in [0.2, 0.25) is 0 Å². The summed E-state index contributed by atoms with van der Waals surface area (Å²) in [7, 11) is 0. The van der Waals surface area contributed by atoms with Crippen LogP contribution in [0.15, 0.2) is 303 Å². The SMILES string of the molecule is CC1(C)c2ccccc2-c2ccc(-n3c4ccccc4c4cc(-c5ccc(C=Cc6ccc7c(c6)C6(c8ccccc8-c8ccccc86)c6cc(C=Cc8ccc(-c9ccc%10c(c9)c9ccccc9n%10-c9ccc%10c(c9)C(C)(C)c9ccccc9-%10)cc8)ccc6-7)cc5)ccc43)cc21. The predicted octanol–water partition coefficient (Wildman–Crippen LogP) is 24.5. The van der Waals surface area contributed by atoms with Gasteiger partial charge in [0.25, 0.3) is 0 Å². The van der Waals surface area contributed by atoms with Crippen molar-refractivity contribution in [1.82, 2.24) is 9.13 Å². The predicted molar refractivity (Wildman–Crippen MR) is 408 cm³/mol. The fraction of sp³-hybridized carbons (Fsp3) is 0.0737. The van der Waals surface area contributed by atoms with Gasteiger partial charge in [0.15, 0.2) is 0 Å². The summed E-state index contributed by atoms with van der Waals surface area (Å²) in [5.41, 5.74) is 37.6. The molecule has 4 aliphatic carbocycles. The molecular weight excluding hydrogens is 1170 g/mol. The highest BCUT2D eigenvalue weighted by molar-refractivity contribution is 6.12. The summed E-state index contributed by atoms with van der Waals surface area (Å²) < 4.78 is 4.91. The third-order valence-corrected chi connectivity index (χ3v) is 22.6. The fourth-order valence-corrected chi connectivity index (χ4v) is 17.9. The Kier molecular flexibility index (Phi) is 11.8. The van der Waals surface area contributed by atoms with Crippen LogP contribution in [0.4, 0.5) is 0 Å². The summed E-state index contributed by atoms with van der Waals surface area (Å²) in [4.78, 5) is 0. The quantitative estimate of drug-likeness (QED) is 0.134. The van der Waals surface area contributed by atoms with E-state index in [-0.39, 0.29) is 10.8 Å². The average molecular weight is 1240 g/mol. The van der Waals surface area contributed by atoms with Gasteiger partial charge < -0.3 is 9.13 Å². The number of benzene rings is 14. The van der Waals surface area contributed by atoms with E-state index in [1.165, 1.54) is 177 Å². The molecule has 0 atom stereocenters. The Morgan fingerprint density at radius 2 is 0.526 bits per heavy atom. The lowest BCUT2D eigenvalue weighted by molar-refractivity contribution is 0.660. The molecule has 0 amide bonds. The molecule has 0 radical (unpaired) electrons. The molecule has 4 aliphatic rings. The first-order chi connectivity index (χ1) is 47.6. The van der Waals surface area contributed by atoms with Crippen LogP contribution in [0.2, 0.25) is 0 Å². The van der Waals surface area contributed by atoms with Gasteiger partial charge >= 0.3 is 0 Å². The van der Waals surface area contributed by atoms with Gasteiger partial charge in [0.05, 0.1) is 27.5 Å². The second-order valence-electron chi connectivity index (χ2n) is 28.3. The van der Waals surface area contributed by atoms with Gasteiger partial charge in [-0.2, -0.15) is 0 Å². The topological polar surface area (TPSA) is 9.86 Å². The first kappa shape index (κ1) is 55.6. The zero-order valence-electron chi connectivity index (χ0n) is 54.6. The van der Waals surface area contributed by atoms with Crippen LogP contribution >= 0.6 is 0 Å². The Bertz CT molecular complexity index is 5730. The summed E-state index contributed by atoms with van der Waals surface area (Å²) in [6.45, 7) is 9.45. The summed E-state index contributed by atoms with van der Waals surface area (Å²) in [6.07, 6.45) is 9.13. The van der Waals surface area contributed by atoms with Gasteiger partial charge in [0.1, 0.15) is 0 Å². The van der Waals surface area contributed by atoms with E-state index in [1.807, 2.05) is 0 Å². The number of hydrogen-bond donors (Lipinski definition) is 0. The molecule has 0 aliphatic heterocycles. The number of aromatic nitrogens is 2. The molecule has 2 heterocycles. The van der Waals surface area contributed by atoms with Crippen LogP contribution in [0.25, 0.3) is 146 Å². The van der Waals surface area contributed by atoms with E-state index in [2.05, 4.69) is 364 Å². The Balaban J connectivity index is 0.592. The van der Waals surface area contributed by atoms with Crippen LogP contribution in [0, 0.1) is 0 Å². The number of rotatable bonds is 8. The molecule has 2 nitrogen and oxygen atoms in total. The highest BCUT2D eigenvalue weighted by Gasteiger charge is 2.52. The van der Waals surface area contributed by atoms with Crippen molar-refractivity contribution in [3.63, 3.8) is 0 Å². The molecule has 2 heteroatoms. The minimum Gasteiger partial charge on any atom is -0.309 e. The van der Waals surface area contributed by atoms with Crippen LogP contribution in [0.5, 0.6) is 0 Å². The molecule has 16 aromatic rings. The van der Waals surface area contributed by atoms with Crippen LogP contribution in [-0.4, -0.2) is 9.13 Å². The van der Waals surface area contributed by atoms with Crippen molar-refractivity contribution < 1.29 is 0 Å². The molecule has 0 unspecified atom stereocenters. The highest BCUT2D eigenvalue weighted by Crippen LogP contribution is 2.63. The molecule has 20 rings (SSSR count). The van der Waals surface area contributed by atoms with Crippen molar-refractivity contribution in [2.75, 3.05) is 0 Å². The van der Waals surface area contributed by atoms with Crippen molar-refractivity contribution in [3.8, 4) is 78.1 Å². The maximum absolute atomic E-state index is 2.47. The van der Waals surface area contributed by atoms with Crippen molar-refractivity contribution in [3.05, 3.63) is 370 Å². The van der Waals surface area contributed by atoms with Crippen molar-refractivity contribution in [2.24, 2.45) is 0 Å². The number of para-hydroxylation sites is 2. The normalized spacial score (nSPS) is 14.6. The lowest BCUT2D eigenvalue weighted by Gasteiger charge is -2.30. The average Bonchev–Trinajstić information content (AvgIpc) is 1.51. The number of hydrogen-bond acceptors (Lipinski definition) is 0. The second-order valence-corrected chi connectivity index (χ2v) is 28.3. The second kappa shape index (κ2) is 20.6. The van der Waals surface area contributed by atoms with Crippen LogP contribution < -0.4 is 0 Å². The molecule has 0 saturated carbocycles. The summed E-state index contributed by atoms with van der Waals surface area (Å²) in [6, 6.07) is 114. The third kappa shape index (κ3) is 8.02. The lowest BCUT2D eigenvalue weighted by Crippen LogP contribution is -2.26. The van der Waals surface area contributed by atoms with Gasteiger partial charge in [-0.25, -0.2) is 0 Å². The van der Waals surface area contributed by atoms with E-state index in [1.54, 1.807) is 0 Å². The molecule has 0 fully saturated rings. The standard InChI is InChI=1S/C95H66N2/c1-93(2)81-23-11-5-17-69(81)73-49-45-67(57-85(73)93)96-89-27-15-9-21-77(89)79-55-65(43-51-91(79)96)63-39-33-59(34-40-63)29-31-61-37-47-75-76-48-38-62(54-88(76)95(87(75)53-61)83-25-13-7-19-71(83)72-20-8-14-26-84(72)95)32-30-60-35-41-64(42-36-60)66-44-52-92-80(56-66)78-22-10-16-28-90(78)97(92)68-46-50-74-70-18-6-12-24-82(70)94(3,4)86(74)58-68/h5-58H,1-4H3. The van der Waals surface area contributed by atoms with E-state index in [9.17, 15) is 0 Å². The van der Waals surface area contributed by atoms with E-state index < -0.39 is 5.41 Å². The van der Waals surface area contributed by atoms with Gasteiger partial charge in [-0.3, -0.25) is 0 Å². The van der Waals surface area contributed by atoms with Crippen molar-refractivity contribution in [1.29, 1.82) is 0 Å². The fourth-order valence-electron chi connectivity index (χ4n) is 17.9. The van der Waals surface area contributed by atoms with E-state index in [0.717, 1.165) is 11.1 Å². The Labute approximate surface area is 565 Å². The van der Waals surface area contributed by atoms with Crippen molar-refractivity contribution in [2.45, 2.75) is 43.9 Å². The van der Waals surface area contributed by atoms with E-state index in [4.69, 9.17) is 0 Å². The third-order valence-electron chi connectivity index (χ3n) is 22.6. The molecule has 0 N–H and O–H groups in total. The number of nitrogens with zero attached hydrogens (tertiary/aromatic N) is 2. The van der Waals surface area contributed by atoms with Gasteiger partial charge in [0, 0.05) is 43.7 Å². The highest BCUT2D eigenvalue weighted by atomic mass is 15.0. The lowest BCUT2D eigenvalue weighted by atomic mass is 9.70. The zero-order chi connectivity index (χ0) is 64.5. The monoisotopic (exact) mass is 1230 g/mol. The first-order valence-corrected chi connectivity index (χ1v) is 34.2. The van der Waals surface area contributed by atoms with Crippen molar-refractivity contribution >= 4 is 67.9 Å². The van der Waals surface area contributed by atoms with E-state index in [0.29, 0.717) is 0 Å².